The Bertz CT molecular complexity index is 688. The van der Waals surface area contributed by atoms with Gasteiger partial charge >= 0.3 is 6.18 Å². The fourth-order valence-electron chi connectivity index (χ4n) is 1.58. The molecule has 0 aliphatic rings. The Balaban J connectivity index is 2.40. The van der Waals surface area contributed by atoms with E-state index >= 15 is 0 Å². The lowest BCUT2D eigenvalue weighted by molar-refractivity contribution is -0.144. The zero-order valence-electron chi connectivity index (χ0n) is 10.6. The van der Waals surface area contributed by atoms with E-state index in [1.165, 1.54) is 6.07 Å². The van der Waals surface area contributed by atoms with Crippen LogP contribution in [-0.2, 0) is 6.18 Å². The molecule has 4 nitrogen and oxygen atoms in total. The Labute approximate surface area is 125 Å². The normalized spacial score (nSPS) is 11.5. The lowest BCUT2D eigenvalue weighted by atomic mass is 10.2. The first-order valence-electron chi connectivity index (χ1n) is 5.61. The van der Waals surface area contributed by atoms with Gasteiger partial charge in [-0.3, -0.25) is 0 Å². The number of hydrogen-bond donors (Lipinski definition) is 2. The number of alkyl halides is 3. The summed E-state index contributed by atoms with van der Waals surface area (Å²) >= 11 is 3.02. The van der Waals surface area contributed by atoms with Crippen molar-refractivity contribution in [1.82, 2.24) is 9.97 Å². The lowest BCUT2D eigenvalue weighted by Gasteiger charge is -2.12. The van der Waals surface area contributed by atoms with Crippen LogP contribution < -0.4 is 11.1 Å². The average molecular weight is 365 g/mol. The van der Waals surface area contributed by atoms with Gasteiger partial charge < -0.3 is 11.1 Å². The van der Waals surface area contributed by atoms with E-state index in [0.717, 1.165) is 12.1 Å². The average Bonchev–Trinajstić information content (AvgIpc) is 2.34. The Morgan fingerprint density at radius 2 is 1.86 bits per heavy atom. The lowest BCUT2D eigenvalue weighted by Crippen LogP contribution is -2.13. The van der Waals surface area contributed by atoms with Gasteiger partial charge in [0.25, 0.3) is 0 Å². The van der Waals surface area contributed by atoms with Crippen molar-refractivity contribution in [2.24, 2.45) is 0 Å². The van der Waals surface area contributed by atoms with Gasteiger partial charge in [-0.25, -0.2) is 14.4 Å². The summed E-state index contributed by atoms with van der Waals surface area (Å²) in [6.45, 7) is 1.67. The second kappa shape index (κ2) is 5.47. The highest BCUT2D eigenvalue weighted by atomic mass is 79.9. The largest absolute Gasteiger partial charge is 0.451 e. The van der Waals surface area contributed by atoms with E-state index < -0.39 is 17.8 Å². The monoisotopic (exact) mass is 364 g/mol. The van der Waals surface area contributed by atoms with Crippen molar-refractivity contribution in [3.05, 3.63) is 39.9 Å². The summed E-state index contributed by atoms with van der Waals surface area (Å²) < 4.78 is 51.6. The molecule has 0 aliphatic carbocycles. The van der Waals surface area contributed by atoms with Gasteiger partial charge in [0.2, 0.25) is 5.82 Å². The Hall–Kier alpha value is -1.90. The molecule has 0 unspecified atom stereocenters. The van der Waals surface area contributed by atoms with E-state index in [9.17, 15) is 17.6 Å². The van der Waals surface area contributed by atoms with Gasteiger partial charge in [0.05, 0.1) is 4.47 Å². The maximum atomic E-state index is 13.5. The summed E-state index contributed by atoms with van der Waals surface area (Å²) in [7, 11) is 0. The van der Waals surface area contributed by atoms with Crippen LogP contribution in [0.1, 0.15) is 11.4 Å². The van der Waals surface area contributed by atoms with Gasteiger partial charge in [-0.1, -0.05) is 0 Å². The van der Waals surface area contributed by atoms with Crippen LogP contribution in [0, 0.1) is 12.7 Å². The molecule has 0 amide bonds. The first kappa shape index (κ1) is 15.5. The molecular weight excluding hydrogens is 356 g/mol. The minimum absolute atomic E-state index is 0.167. The molecule has 0 aliphatic heterocycles. The highest BCUT2D eigenvalue weighted by molar-refractivity contribution is 9.10. The highest BCUT2D eigenvalue weighted by Crippen LogP contribution is 2.30. The number of aryl methyl sites for hydroxylation is 1. The third-order valence-corrected chi connectivity index (χ3v) is 3.14. The predicted octanol–water partition coefficient (Wildman–Crippen LogP) is 4.03. The van der Waals surface area contributed by atoms with Gasteiger partial charge in [-0.2, -0.15) is 13.2 Å². The molecule has 0 bridgehead atoms. The molecule has 0 radical (unpaired) electrons. The summed E-state index contributed by atoms with van der Waals surface area (Å²) in [5, 5.41) is 2.60. The Kier molecular flexibility index (Phi) is 4.04. The molecule has 112 valence electrons. The number of nitrogens with one attached hydrogen (secondary N) is 1. The van der Waals surface area contributed by atoms with Crippen molar-refractivity contribution in [1.29, 1.82) is 0 Å². The van der Waals surface area contributed by atoms with Gasteiger partial charge in [-0.05, 0) is 40.5 Å². The molecule has 1 aromatic carbocycles. The van der Waals surface area contributed by atoms with E-state index in [1.54, 1.807) is 6.92 Å². The molecule has 9 heteroatoms. The van der Waals surface area contributed by atoms with Crippen LogP contribution in [0.25, 0.3) is 0 Å². The molecular formula is C12H9BrF4N4. The van der Waals surface area contributed by atoms with Crippen molar-refractivity contribution in [2.45, 2.75) is 13.1 Å². The number of nitrogens with zero attached hydrogens (tertiary/aromatic N) is 2. The van der Waals surface area contributed by atoms with Crippen molar-refractivity contribution >= 4 is 33.3 Å². The summed E-state index contributed by atoms with van der Waals surface area (Å²) in [5.41, 5.74) is 6.23. The number of rotatable bonds is 2. The molecule has 0 saturated carbocycles. The predicted molar refractivity (Wildman–Crippen MR) is 73.6 cm³/mol. The van der Waals surface area contributed by atoms with Gasteiger partial charge in [-0.15, -0.1) is 0 Å². The fraction of sp³-hybridized carbons (Fsp3) is 0.167. The molecule has 1 aromatic heterocycles. The number of anilines is 3. The fourth-order valence-corrected chi connectivity index (χ4v) is 2.03. The number of hydrogen-bond acceptors (Lipinski definition) is 4. The van der Waals surface area contributed by atoms with Crippen LogP contribution in [0.4, 0.5) is 34.9 Å². The standard InChI is InChI=1S/C12H9BrF4N4/c1-5-2-6(13)7(14)3-8(5)19-10-4-9(18)20-11(21-10)12(15,16)17/h2-4H,1H3,(H3,18,19,20,21). The minimum Gasteiger partial charge on any atom is -0.384 e. The van der Waals surface area contributed by atoms with E-state index in [0.29, 0.717) is 5.56 Å². The second-order valence-electron chi connectivity index (χ2n) is 4.21. The van der Waals surface area contributed by atoms with Crippen molar-refractivity contribution in [2.75, 3.05) is 11.1 Å². The zero-order valence-corrected chi connectivity index (χ0v) is 12.2. The summed E-state index contributed by atoms with van der Waals surface area (Å²) in [6.07, 6.45) is -4.72. The first-order chi connectivity index (χ1) is 9.66. The maximum absolute atomic E-state index is 13.5. The van der Waals surface area contributed by atoms with Gasteiger partial charge in [0, 0.05) is 11.8 Å². The number of nitrogens with two attached hydrogens (primary N) is 1. The number of nitrogen functional groups attached to an aromatic ring is 1. The van der Waals surface area contributed by atoms with E-state index in [2.05, 4.69) is 31.2 Å². The molecule has 0 spiro atoms. The number of benzene rings is 1. The number of aromatic nitrogens is 2. The molecule has 2 aromatic rings. The molecule has 21 heavy (non-hydrogen) atoms. The van der Waals surface area contributed by atoms with Gasteiger partial charge in [0.15, 0.2) is 0 Å². The molecule has 0 atom stereocenters. The zero-order chi connectivity index (χ0) is 15.8. The van der Waals surface area contributed by atoms with Crippen LogP contribution in [0.15, 0.2) is 22.7 Å². The van der Waals surface area contributed by atoms with Crippen LogP contribution in [0.2, 0.25) is 0 Å². The van der Waals surface area contributed by atoms with Gasteiger partial charge in [0.1, 0.15) is 17.5 Å². The molecule has 1 heterocycles. The smallest absolute Gasteiger partial charge is 0.384 e. The second-order valence-corrected chi connectivity index (χ2v) is 5.06. The third-order valence-electron chi connectivity index (χ3n) is 2.53. The molecule has 2 rings (SSSR count). The van der Waals surface area contributed by atoms with Crippen LogP contribution in [-0.4, -0.2) is 9.97 Å². The van der Waals surface area contributed by atoms with E-state index in [4.69, 9.17) is 5.73 Å². The SMILES string of the molecule is Cc1cc(Br)c(F)cc1Nc1cc(N)nc(C(F)(F)F)n1. The third kappa shape index (κ3) is 3.60. The quantitative estimate of drug-likeness (QED) is 0.789. The summed E-state index contributed by atoms with van der Waals surface area (Å²) in [6, 6.07) is 3.77. The minimum atomic E-state index is -4.72. The molecule has 0 fully saturated rings. The van der Waals surface area contributed by atoms with Crippen molar-refractivity contribution in [3.8, 4) is 0 Å². The summed E-state index contributed by atoms with van der Waals surface area (Å²) in [4.78, 5) is 6.45. The molecule has 3 N–H and O–H groups in total. The van der Waals surface area contributed by atoms with Crippen LogP contribution >= 0.6 is 15.9 Å². The first-order valence-corrected chi connectivity index (χ1v) is 6.40. The highest BCUT2D eigenvalue weighted by Gasteiger charge is 2.35. The van der Waals surface area contributed by atoms with Crippen LogP contribution in [0.5, 0.6) is 0 Å². The maximum Gasteiger partial charge on any atom is 0.451 e. The Morgan fingerprint density at radius 1 is 1.19 bits per heavy atom. The molecule has 0 saturated heterocycles. The Morgan fingerprint density at radius 3 is 2.48 bits per heavy atom. The van der Waals surface area contributed by atoms with Crippen molar-refractivity contribution in [3.63, 3.8) is 0 Å². The van der Waals surface area contributed by atoms with E-state index in [-0.39, 0.29) is 21.8 Å². The topological polar surface area (TPSA) is 63.8 Å². The van der Waals surface area contributed by atoms with Crippen molar-refractivity contribution < 1.29 is 17.6 Å². The van der Waals surface area contributed by atoms with Crippen LogP contribution in [0.3, 0.4) is 0 Å². The summed E-state index contributed by atoms with van der Waals surface area (Å²) in [5.74, 6) is -2.42. The van der Waals surface area contributed by atoms with E-state index in [1.807, 2.05) is 0 Å². The number of halogens is 5.